The van der Waals surface area contributed by atoms with E-state index in [2.05, 4.69) is 16.9 Å². The van der Waals surface area contributed by atoms with Gasteiger partial charge in [0.2, 0.25) is 0 Å². The lowest BCUT2D eigenvalue weighted by Crippen LogP contribution is -2.39. The summed E-state index contributed by atoms with van der Waals surface area (Å²) in [6, 6.07) is 1.65. The predicted octanol–water partition coefficient (Wildman–Crippen LogP) is 0.924. The van der Waals surface area contributed by atoms with Crippen molar-refractivity contribution < 1.29 is 14.5 Å². The normalized spacial score (nSPS) is 9.53. The minimum absolute atomic E-state index is 0.00652. The van der Waals surface area contributed by atoms with Crippen LogP contribution in [-0.2, 0) is 0 Å². The van der Waals surface area contributed by atoms with Crippen molar-refractivity contribution in [2.24, 2.45) is 0 Å². The average molecular weight is 264 g/mol. The van der Waals surface area contributed by atoms with Crippen LogP contribution in [0.1, 0.15) is 16.1 Å². The molecule has 1 rings (SSSR count). The maximum Gasteiger partial charge on any atom is 0.364 e. The lowest BCUT2D eigenvalue weighted by molar-refractivity contribution is -0.389. The topological polar surface area (TPSA) is 114 Å². The summed E-state index contributed by atoms with van der Waals surface area (Å²) < 4.78 is 0. The first-order valence-electron chi connectivity index (χ1n) is 5.27. The molecular weight excluding hydrogens is 252 g/mol. The maximum atomic E-state index is 11.7. The van der Waals surface area contributed by atoms with Crippen molar-refractivity contribution in [3.05, 3.63) is 46.2 Å². The van der Waals surface area contributed by atoms with Gasteiger partial charge in [-0.2, -0.15) is 0 Å². The van der Waals surface area contributed by atoms with E-state index < -0.39 is 22.7 Å². The number of hydrogen-bond acceptors (Lipinski definition) is 5. The molecule has 1 aromatic heterocycles. The minimum Gasteiger partial charge on any atom is -0.358 e. The molecule has 3 amide bonds. The number of rotatable bonds is 4. The summed E-state index contributed by atoms with van der Waals surface area (Å²) >= 11 is 0. The van der Waals surface area contributed by atoms with Gasteiger partial charge in [0.05, 0.1) is 5.56 Å². The van der Waals surface area contributed by atoms with E-state index in [1.54, 1.807) is 0 Å². The molecule has 0 aromatic carbocycles. The standard InChI is InChI=1S/C11H12N4O4/c1-3-4-12-11(17)14-10(16)8-5-7(2)13-9(6-8)15(18)19/h3,5-6H,1,4H2,2H3,(H2,12,14,16,17). The van der Waals surface area contributed by atoms with Crippen molar-refractivity contribution in [3.63, 3.8) is 0 Å². The molecule has 0 aliphatic carbocycles. The van der Waals surface area contributed by atoms with Gasteiger partial charge in [-0.05, 0) is 16.0 Å². The Labute approximate surface area is 108 Å². The fourth-order valence-electron chi connectivity index (χ4n) is 1.26. The molecule has 19 heavy (non-hydrogen) atoms. The van der Waals surface area contributed by atoms with Crippen LogP contribution in [0.2, 0.25) is 0 Å². The third kappa shape index (κ3) is 4.19. The van der Waals surface area contributed by atoms with E-state index >= 15 is 0 Å². The van der Waals surface area contributed by atoms with Gasteiger partial charge in [-0.25, -0.2) is 4.79 Å². The number of aryl methyl sites for hydroxylation is 1. The van der Waals surface area contributed by atoms with Crippen molar-refractivity contribution in [1.82, 2.24) is 15.6 Å². The summed E-state index contributed by atoms with van der Waals surface area (Å²) in [6.45, 7) is 5.12. The number of pyridine rings is 1. The van der Waals surface area contributed by atoms with Crippen LogP contribution in [0.5, 0.6) is 0 Å². The molecule has 0 atom stereocenters. The van der Waals surface area contributed by atoms with Crippen LogP contribution in [0.3, 0.4) is 0 Å². The quantitative estimate of drug-likeness (QED) is 0.477. The molecule has 0 spiro atoms. The maximum absolute atomic E-state index is 11.7. The number of nitro groups is 1. The Morgan fingerprint density at radius 1 is 1.53 bits per heavy atom. The highest BCUT2D eigenvalue weighted by molar-refractivity contribution is 6.04. The van der Waals surface area contributed by atoms with Crippen molar-refractivity contribution in [2.45, 2.75) is 6.92 Å². The Hall–Kier alpha value is -2.77. The molecule has 0 fully saturated rings. The average Bonchev–Trinajstić information content (AvgIpc) is 2.35. The zero-order valence-electron chi connectivity index (χ0n) is 10.2. The Balaban J connectivity index is 2.85. The highest BCUT2D eigenvalue weighted by Gasteiger charge is 2.16. The SMILES string of the molecule is C=CCNC(=O)NC(=O)c1cc(C)nc([N+](=O)[O-])c1. The van der Waals surface area contributed by atoms with Crippen molar-refractivity contribution in [3.8, 4) is 0 Å². The lowest BCUT2D eigenvalue weighted by Gasteiger charge is -2.04. The summed E-state index contributed by atoms with van der Waals surface area (Å²) in [5.41, 5.74) is 0.304. The van der Waals surface area contributed by atoms with Crippen LogP contribution in [-0.4, -0.2) is 28.4 Å². The second kappa shape index (κ2) is 6.24. The number of urea groups is 1. The van der Waals surface area contributed by atoms with Gasteiger partial charge in [0.15, 0.2) is 5.69 Å². The van der Waals surface area contributed by atoms with Gasteiger partial charge in [0, 0.05) is 19.5 Å². The summed E-state index contributed by atoms with van der Waals surface area (Å²) in [5, 5.41) is 15.0. The monoisotopic (exact) mass is 264 g/mol. The highest BCUT2D eigenvalue weighted by atomic mass is 16.6. The molecule has 0 radical (unpaired) electrons. The van der Waals surface area contributed by atoms with Gasteiger partial charge in [-0.1, -0.05) is 6.08 Å². The molecule has 0 aliphatic heterocycles. The van der Waals surface area contributed by atoms with E-state index in [9.17, 15) is 19.7 Å². The van der Waals surface area contributed by atoms with Crippen molar-refractivity contribution >= 4 is 17.8 Å². The number of imide groups is 1. The summed E-state index contributed by atoms with van der Waals surface area (Å²) in [5.74, 6) is -1.19. The van der Waals surface area contributed by atoms with Gasteiger partial charge < -0.3 is 15.4 Å². The fourth-order valence-corrected chi connectivity index (χ4v) is 1.26. The van der Waals surface area contributed by atoms with E-state index in [1.165, 1.54) is 19.1 Å². The largest absolute Gasteiger partial charge is 0.364 e. The number of amides is 3. The molecule has 2 N–H and O–H groups in total. The number of carbonyl (C=O) groups is 2. The number of carbonyl (C=O) groups excluding carboxylic acids is 2. The molecule has 0 saturated heterocycles. The van der Waals surface area contributed by atoms with E-state index in [0.717, 1.165) is 6.07 Å². The lowest BCUT2D eigenvalue weighted by atomic mass is 10.2. The molecule has 8 heteroatoms. The van der Waals surface area contributed by atoms with Gasteiger partial charge in [0.1, 0.15) is 0 Å². The van der Waals surface area contributed by atoms with Gasteiger partial charge in [-0.15, -0.1) is 6.58 Å². The predicted molar refractivity (Wildman–Crippen MR) is 66.7 cm³/mol. The van der Waals surface area contributed by atoms with Crippen LogP contribution in [0, 0.1) is 17.0 Å². The summed E-state index contributed by atoms with van der Waals surface area (Å²) in [7, 11) is 0. The van der Waals surface area contributed by atoms with Crippen LogP contribution < -0.4 is 10.6 Å². The van der Waals surface area contributed by atoms with Crippen molar-refractivity contribution in [1.29, 1.82) is 0 Å². The fraction of sp³-hybridized carbons (Fsp3) is 0.182. The second-order valence-corrected chi connectivity index (χ2v) is 3.57. The van der Waals surface area contributed by atoms with Crippen LogP contribution >= 0.6 is 0 Å². The van der Waals surface area contributed by atoms with Crippen molar-refractivity contribution in [2.75, 3.05) is 6.54 Å². The third-order valence-corrected chi connectivity index (χ3v) is 2.02. The molecule has 0 saturated carbocycles. The second-order valence-electron chi connectivity index (χ2n) is 3.57. The molecule has 0 unspecified atom stereocenters. The Bertz CT molecular complexity index is 541. The molecule has 0 aliphatic rings. The van der Waals surface area contributed by atoms with Gasteiger partial charge in [-0.3, -0.25) is 10.1 Å². The Morgan fingerprint density at radius 3 is 2.79 bits per heavy atom. The summed E-state index contributed by atoms with van der Waals surface area (Å²) in [4.78, 5) is 36.5. The van der Waals surface area contributed by atoms with Gasteiger partial charge >= 0.3 is 11.8 Å². The molecule has 0 bridgehead atoms. The minimum atomic E-state index is -0.741. The van der Waals surface area contributed by atoms with Crippen LogP contribution in [0.15, 0.2) is 24.8 Å². The van der Waals surface area contributed by atoms with E-state index in [4.69, 9.17) is 0 Å². The third-order valence-electron chi connectivity index (χ3n) is 2.02. The molecule has 1 aromatic rings. The molecule has 8 nitrogen and oxygen atoms in total. The summed E-state index contributed by atoms with van der Waals surface area (Å²) in [6.07, 6.45) is 1.45. The Kier molecular flexibility index (Phi) is 4.69. The molecule has 1 heterocycles. The zero-order chi connectivity index (χ0) is 14.4. The van der Waals surface area contributed by atoms with E-state index in [-0.39, 0.29) is 12.1 Å². The van der Waals surface area contributed by atoms with Crippen LogP contribution in [0.4, 0.5) is 10.6 Å². The molecule has 100 valence electrons. The Morgan fingerprint density at radius 2 is 2.21 bits per heavy atom. The highest BCUT2D eigenvalue weighted by Crippen LogP contribution is 2.12. The van der Waals surface area contributed by atoms with Gasteiger partial charge in [0.25, 0.3) is 5.91 Å². The zero-order valence-corrected chi connectivity index (χ0v) is 10.2. The number of nitrogens with one attached hydrogen (secondary N) is 2. The number of aromatic nitrogens is 1. The first-order valence-corrected chi connectivity index (χ1v) is 5.27. The number of nitrogens with zero attached hydrogens (tertiary/aromatic N) is 2. The van der Waals surface area contributed by atoms with E-state index in [1.807, 2.05) is 5.32 Å². The van der Waals surface area contributed by atoms with E-state index in [0.29, 0.717) is 5.69 Å². The number of hydrogen-bond donors (Lipinski definition) is 2. The first-order chi connectivity index (χ1) is 8.93. The molecular formula is C11H12N4O4. The first kappa shape index (κ1) is 14.3. The smallest absolute Gasteiger partial charge is 0.358 e. The van der Waals surface area contributed by atoms with Crippen LogP contribution in [0.25, 0.3) is 0 Å².